The summed E-state index contributed by atoms with van der Waals surface area (Å²) in [6.45, 7) is 9.83. The summed E-state index contributed by atoms with van der Waals surface area (Å²) in [6.07, 6.45) is 3.58. The first-order chi connectivity index (χ1) is 18.0. The van der Waals surface area contributed by atoms with Crippen LogP contribution in [-0.4, -0.2) is 40.5 Å². The molecule has 2 aromatic carbocycles. The fourth-order valence-electron chi connectivity index (χ4n) is 4.24. The molecule has 10 heteroatoms. The Morgan fingerprint density at radius 1 is 1.18 bits per heavy atom. The first-order valence-electron chi connectivity index (χ1n) is 12.6. The lowest BCUT2D eigenvalue weighted by atomic mass is 10.0. The van der Waals surface area contributed by atoms with Gasteiger partial charge in [0.1, 0.15) is 11.4 Å². The van der Waals surface area contributed by atoms with Gasteiger partial charge in [0.25, 0.3) is 11.5 Å². The van der Waals surface area contributed by atoms with Crippen molar-refractivity contribution >= 4 is 29.2 Å². The van der Waals surface area contributed by atoms with Gasteiger partial charge in [-0.1, -0.05) is 19.9 Å². The molecule has 1 aliphatic rings. The second-order valence-corrected chi connectivity index (χ2v) is 10.2. The van der Waals surface area contributed by atoms with Gasteiger partial charge in [0, 0.05) is 36.6 Å². The number of carbonyl (C=O) groups is 1. The molecule has 1 amide bonds. The highest BCUT2D eigenvalue weighted by molar-refractivity contribution is 6.08. The Labute approximate surface area is 220 Å². The van der Waals surface area contributed by atoms with Crippen LogP contribution in [0.3, 0.4) is 0 Å². The summed E-state index contributed by atoms with van der Waals surface area (Å²) in [5.74, 6) is -2.14. The molecular formula is C28H32F2N6O2. The lowest BCUT2D eigenvalue weighted by molar-refractivity contribution is 0.102. The van der Waals surface area contributed by atoms with Gasteiger partial charge < -0.3 is 16.0 Å². The first kappa shape index (κ1) is 27.0. The summed E-state index contributed by atoms with van der Waals surface area (Å²) in [4.78, 5) is 32.6. The predicted molar refractivity (Wildman–Crippen MR) is 147 cm³/mol. The summed E-state index contributed by atoms with van der Waals surface area (Å²) in [5, 5.41) is 6.83. The van der Waals surface area contributed by atoms with Crippen molar-refractivity contribution in [3.05, 3.63) is 75.7 Å². The Kier molecular flexibility index (Phi) is 7.61. The number of nitrogens with one attached hydrogen (secondary N) is 1. The molecule has 0 saturated carbocycles. The van der Waals surface area contributed by atoms with Crippen molar-refractivity contribution in [2.45, 2.75) is 46.1 Å². The van der Waals surface area contributed by atoms with E-state index in [0.717, 1.165) is 49.8 Å². The van der Waals surface area contributed by atoms with Gasteiger partial charge in [-0.2, -0.15) is 9.78 Å². The third kappa shape index (κ3) is 5.58. The number of rotatable bonds is 7. The number of aliphatic imine (C=N–C) groups is 1. The largest absolute Gasteiger partial charge is 0.398 e. The molecule has 1 unspecified atom stereocenters. The van der Waals surface area contributed by atoms with Crippen LogP contribution in [0.2, 0.25) is 0 Å². The number of anilines is 3. The minimum atomic E-state index is -0.972. The number of aromatic nitrogens is 2. The van der Waals surface area contributed by atoms with Crippen molar-refractivity contribution in [1.82, 2.24) is 9.78 Å². The Bertz CT molecular complexity index is 1430. The molecule has 2 heterocycles. The molecule has 1 aliphatic heterocycles. The van der Waals surface area contributed by atoms with E-state index in [4.69, 9.17) is 10.7 Å². The molecule has 3 N–H and O–H groups in total. The summed E-state index contributed by atoms with van der Waals surface area (Å²) in [7, 11) is 0. The van der Waals surface area contributed by atoms with E-state index in [1.165, 1.54) is 12.1 Å². The highest BCUT2D eigenvalue weighted by Gasteiger charge is 2.26. The SMILES string of the molecule is CCC(C)(C)N=Cc1c(N)ccc(NC(=O)c2ccc(=O)n(-c3c(F)cccc3F)n2)c1N1CCC(C)C1. The number of nitrogens with zero attached hydrogens (tertiary/aromatic N) is 4. The minimum absolute atomic E-state index is 0.188. The Hall–Kier alpha value is -4.08. The minimum Gasteiger partial charge on any atom is -0.398 e. The summed E-state index contributed by atoms with van der Waals surface area (Å²) < 4.78 is 29.2. The Morgan fingerprint density at radius 3 is 2.53 bits per heavy atom. The number of benzene rings is 2. The number of hydrogen-bond acceptors (Lipinski definition) is 6. The van der Waals surface area contributed by atoms with Gasteiger partial charge in [-0.3, -0.25) is 14.6 Å². The van der Waals surface area contributed by atoms with E-state index in [-0.39, 0.29) is 11.2 Å². The number of para-hydroxylation sites is 1. The van der Waals surface area contributed by atoms with E-state index in [0.29, 0.717) is 27.5 Å². The van der Waals surface area contributed by atoms with E-state index >= 15 is 0 Å². The van der Waals surface area contributed by atoms with E-state index in [1.807, 2.05) is 13.8 Å². The first-order valence-corrected chi connectivity index (χ1v) is 12.6. The van der Waals surface area contributed by atoms with E-state index in [2.05, 4.69) is 29.2 Å². The maximum atomic E-state index is 14.3. The van der Waals surface area contributed by atoms with Crippen molar-refractivity contribution in [1.29, 1.82) is 0 Å². The molecule has 200 valence electrons. The highest BCUT2D eigenvalue weighted by Crippen LogP contribution is 2.37. The highest BCUT2D eigenvalue weighted by atomic mass is 19.1. The van der Waals surface area contributed by atoms with Crippen LogP contribution in [0.15, 0.2) is 52.3 Å². The fraction of sp³-hybridized carbons (Fsp3) is 0.357. The average molecular weight is 523 g/mol. The van der Waals surface area contributed by atoms with Crippen molar-refractivity contribution in [2.75, 3.05) is 29.0 Å². The molecule has 0 aliphatic carbocycles. The Morgan fingerprint density at radius 2 is 1.89 bits per heavy atom. The van der Waals surface area contributed by atoms with Crippen LogP contribution in [0.25, 0.3) is 5.69 Å². The second-order valence-electron chi connectivity index (χ2n) is 10.2. The smallest absolute Gasteiger partial charge is 0.276 e. The van der Waals surface area contributed by atoms with Crippen molar-refractivity contribution in [3.8, 4) is 5.69 Å². The van der Waals surface area contributed by atoms with Gasteiger partial charge in [-0.15, -0.1) is 0 Å². The van der Waals surface area contributed by atoms with Crippen LogP contribution in [0, 0.1) is 17.6 Å². The lowest BCUT2D eigenvalue weighted by Gasteiger charge is -2.26. The molecule has 1 saturated heterocycles. The maximum Gasteiger partial charge on any atom is 0.276 e. The van der Waals surface area contributed by atoms with Gasteiger partial charge in [-0.25, -0.2) is 8.78 Å². The van der Waals surface area contributed by atoms with Gasteiger partial charge in [-0.05, 0) is 62.9 Å². The van der Waals surface area contributed by atoms with E-state index < -0.39 is 28.8 Å². The number of nitrogen functional groups attached to an aromatic ring is 1. The molecule has 0 bridgehead atoms. The van der Waals surface area contributed by atoms with Crippen molar-refractivity contribution in [2.24, 2.45) is 10.9 Å². The average Bonchev–Trinajstić information content (AvgIpc) is 3.30. The van der Waals surface area contributed by atoms with Crippen LogP contribution in [0.4, 0.5) is 25.8 Å². The topological polar surface area (TPSA) is 106 Å². The van der Waals surface area contributed by atoms with Crippen LogP contribution >= 0.6 is 0 Å². The summed E-state index contributed by atoms with van der Waals surface area (Å²) >= 11 is 0. The lowest BCUT2D eigenvalue weighted by Crippen LogP contribution is -2.27. The normalized spacial score (nSPS) is 15.8. The monoisotopic (exact) mass is 522 g/mol. The number of carbonyl (C=O) groups excluding carboxylic acids is 1. The number of amides is 1. The van der Waals surface area contributed by atoms with E-state index in [9.17, 15) is 18.4 Å². The number of halogens is 2. The van der Waals surface area contributed by atoms with E-state index in [1.54, 1.807) is 18.3 Å². The van der Waals surface area contributed by atoms with Crippen molar-refractivity contribution < 1.29 is 13.6 Å². The Balaban J connectivity index is 1.76. The molecule has 0 radical (unpaired) electrons. The molecule has 1 atom stereocenters. The van der Waals surface area contributed by atoms with Crippen LogP contribution < -0.4 is 21.5 Å². The van der Waals surface area contributed by atoms with Crippen LogP contribution in [0.5, 0.6) is 0 Å². The standard InChI is InChI=1S/C28H32F2N6O2/c1-5-28(3,4)32-15-18-21(31)9-10-22(25(18)35-14-13-17(2)16-35)33-27(38)23-11-12-24(37)36(34-23)26-19(29)7-6-8-20(26)30/h6-12,15,17H,5,13-14,16,31H2,1-4H3,(H,33,38). The quantitative estimate of drug-likeness (QED) is 0.343. The molecule has 8 nitrogen and oxygen atoms in total. The second kappa shape index (κ2) is 10.7. The molecule has 38 heavy (non-hydrogen) atoms. The molecular weight excluding hydrogens is 490 g/mol. The zero-order chi connectivity index (χ0) is 27.6. The van der Waals surface area contributed by atoms with Crippen LogP contribution in [-0.2, 0) is 0 Å². The zero-order valence-electron chi connectivity index (χ0n) is 22.0. The summed E-state index contributed by atoms with van der Waals surface area (Å²) in [5.41, 5.74) is 6.93. The molecule has 3 aromatic rings. The van der Waals surface area contributed by atoms with Gasteiger partial charge >= 0.3 is 0 Å². The maximum absolute atomic E-state index is 14.3. The zero-order valence-corrected chi connectivity index (χ0v) is 22.0. The summed E-state index contributed by atoms with van der Waals surface area (Å²) in [6, 6.07) is 8.88. The van der Waals surface area contributed by atoms with Gasteiger partial charge in [0.15, 0.2) is 11.6 Å². The van der Waals surface area contributed by atoms with Crippen LogP contribution in [0.1, 0.15) is 56.6 Å². The molecule has 1 aromatic heterocycles. The van der Waals surface area contributed by atoms with Gasteiger partial charge in [0.2, 0.25) is 0 Å². The fourth-order valence-corrected chi connectivity index (χ4v) is 4.24. The third-order valence-electron chi connectivity index (χ3n) is 6.83. The van der Waals surface area contributed by atoms with Crippen molar-refractivity contribution in [3.63, 3.8) is 0 Å². The molecule has 0 spiro atoms. The molecule has 1 fully saturated rings. The third-order valence-corrected chi connectivity index (χ3v) is 6.83. The molecule has 4 rings (SSSR count). The predicted octanol–water partition coefficient (Wildman–Crippen LogP) is 4.80. The van der Waals surface area contributed by atoms with Gasteiger partial charge in [0.05, 0.1) is 16.9 Å². The number of hydrogen-bond donors (Lipinski definition) is 2. The number of nitrogens with two attached hydrogens (primary N) is 1.